The number of hydrogen-bond acceptors (Lipinski definition) is 3. The molecule has 0 aliphatic rings. The summed E-state index contributed by atoms with van der Waals surface area (Å²) in [4.78, 5) is 0. The van der Waals surface area contributed by atoms with E-state index in [1.807, 2.05) is 0 Å². The highest BCUT2D eigenvalue weighted by Gasteiger charge is 2.21. The van der Waals surface area contributed by atoms with Crippen LogP contribution in [0.3, 0.4) is 0 Å². The molecule has 0 spiro atoms. The largest absolute Gasteiger partial charge is 0.392 e. The Hall–Kier alpha value is -0.120. The molecule has 0 aromatic heterocycles. The van der Waals surface area contributed by atoms with Gasteiger partial charge in [-0.2, -0.15) is 0 Å². The molecule has 2 N–H and O–H groups in total. The van der Waals surface area contributed by atoms with Gasteiger partial charge in [-0.15, -0.1) is 0 Å². The van der Waals surface area contributed by atoms with E-state index in [4.69, 9.17) is 4.74 Å². The number of aliphatic hydroxyl groups is 1. The standard InChI is InChI=1S/C13H29NO2/c1-7-10(2)12(15)9-14-11(3)8-13(4,5)16-6/h10-12,14-15H,7-9H2,1-6H3. The predicted octanol–water partition coefficient (Wildman–Crippen LogP) is 2.19. The Morgan fingerprint density at radius 3 is 2.31 bits per heavy atom. The average Bonchev–Trinajstić information content (AvgIpc) is 2.24. The molecule has 0 aliphatic heterocycles. The Balaban J connectivity index is 3.85. The Bertz CT molecular complexity index is 183. The van der Waals surface area contributed by atoms with Crippen molar-refractivity contribution in [3.63, 3.8) is 0 Å². The number of ether oxygens (including phenoxy) is 1. The first kappa shape index (κ1) is 15.9. The Labute approximate surface area is 101 Å². The molecule has 3 heteroatoms. The van der Waals surface area contributed by atoms with Crippen molar-refractivity contribution in [2.45, 2.75) is 65.2 Å². The highest BCUT2D eigenvalue weighted by atomic mass is 16.5. The smallest absolute Gasteiger partial charge is 0.0690 e. The zero-order valence-corrected chi connectivity index (χ0v) is 11.7. The maximum Gasteiger partial charge on any atom is 0.0690 e. The second kappa shape index (κ2) is 7.25. The van der Waals surface area contributed by atoms with Gasteiger partial charge in [0.2, 0.25) is 0 Å². The van der Waals surface area contributed by atoms with Crippen molar-refractivity contribution in [1.29, 1.82) is 0 Å². The molecular weight excluding hydrogens is 202 g/mol. The summed E-state index contributed by atoms with van der Waals surface area (Å²) < 4.78 is 5.38. The van der Waals surface area contributed by atoms with Crippen LogP contribution in [0.4, 0.5) is 0 Å². The third kappa shape index (κ3) is 6.46. The normalized spacial score (nSPS) is 18.2. The predicted molar refractivity (Wildman–Crippen MR) is 68.6 cm³/mol. The number of hydrogen-bond donors (Lipinski definition) is 2. The first-order valence-corrected chi connectivity index (χ1v) is 6.29. The zero-order chi connectivity index (χ0) is 12.8. The van der Waals surface area contributed by atoms with Gasteiger partial charge in [0.1, 0.15) is 0 Å². The lowest BCUT2D eigenvalue weighted by atomic mass is 9.98. The molecule has 0 heterocycles. The second-order valence-corrected chi connectivity index (χ2v) is 5.43. The highest BCUT2D eigenvalue weighted by molar-refractivity contribution is 4.77. The molecule has 98 valence electrons. The molecule has 0 aliphatic carbocycles. The maximum absolute atomic E-state index is 9.83. The van der Waals surface area contributed by atoms with E-state index in [0.717, 1.165) is 12.8 Å². The van der Waals surface area contributed by atoms with Crippen molar-refractivity contribution in [3.05, 3.63) is 0 Å². The van der Waals surface area contributed by atoms with Gasteiger partial charge >= 0.3 is 0 Å². The van der Waals surface area contributed by atoms with Gasteiger partial charge in [0.25, 0.3) is 0 Å². The molecule has 16 heavy (non-hydrogen) atoms. The fourth-order valence-corrected chi connectivity index (χ4v) is 1.69. The molecule has 0 saturated carbocycles. The van der Waals surface area contributed by atoms with E-state index in [2.05, 4.69) is 39.9 Å². The van der Waals surface area contributed by atoms with Crippen LogP contribution in [-0.4, -0.2) is 36.5 Å². The van der Waals surface area contributed by atoms with E-state index >= 15 is 0 Å². The topological polar surface area (TPSA) is 41.5 Å². The lowest BCUT2D eigenvalue weighted by molar-refractivity contribution is 0.00685. The quantitative estimate of drug-likeness (QED) is 0.673. The van der Waals surface area contributed by atoms with Gasteiger partial charge in [-0.3, -0.25) is 0 Å². The summed E-state index contributed by atoms with van der Waals surface area (Å²) >= 11 is 0. The number of nitrogens with one attached hydrogen (secondary N) is 1. The molecule has 3 unspecified atom stereocenters. The minimum atomic E-state index is -0.252. The molecule has 0 amide bonds. The van der Waals surface area contributed by atoms with Crippen molar-refractivity contribution < 1.29 is 9.84 Å². The molecule has 0 fully saturated rings. The van der Waals surface area contributed by atoms with E-state index in [9.17, 15) is 5.11 Å². The molecular formula is C13H29NO2. The SMILES string of the molecule is CCC(C)C(O)CNC(C)CC(C)(C)OC. The first-order valence-electron chi connectivity index (χ1n) is 6.29. The van der Waals surface area contributed by atoms with Gasteiger partial charge in [0.05, 0.1) is 11.7 Å². The Kier molecular flexibility index (Phi) is 7.20. The molecule has 0 saturated heterocycles. The molecule has 0 aromatic carbocycles. The number of rotatable bonds is 8. The van der Waals surface area contributed by atoms with Crippen LogP contribution in [0.2, 0.25) is 0 Å². The number of aliphatic hydroxyl groups excluding tert-OH is 1. The van der Waals surface area contributed by atoms with E-state index < -0.39 is 0 Å². The summed E-state index contributed by atoms with van der Waals surface area (Å²) in [6.45, 7) is 11.1. The fraction of sp³-hybridized carbons (Fsp3) is 1.00. The van der Waals surface area contributed by atoms with Crippen molar-refractivity contribution in [3.8, 4) is 0 Å². The summed E-state index contributed by atoms with van der Waals surface area (Å²) in [6, 6.07) is 0.355. The van der Waals surface area contributed by atoms with Crippen LogP contribution in [0.5, 0.6) is 0 Å². The van der Waals surface area contributed by atoms with Gasteiger partial charge in [0.15, 0.2) is 0 Å². The van der Waals surface area contributed by atoms with Crippen LogP contribution in [0.1, 0.15) is 47.5 Å². The van der Waals surface area contributed by atoms with E-state index in [0.29, 0.717) is 18.5 Å². The summed E-state index contributed by atoms with van der Waals surface area (Å²) in [7, 11) is 1.74. The average molecular weight is 231 g/mol. The minimum absolute atomic E-state index is 0.103. The minimum Gasteiger partial charge on any atom is -0.392 e. The molecule has 0 radical (unpaired) electrons. The van der Waals surface area contributed by atoms with Crippen molar-refractivity contribution in [2.75, 3.05) is 13.7 Å². The van der Waals surface area contributed by atoms with Gasteiger partial charge in [-0.1, -0.05) is 20.3 Å². The molecule has 3 atom stereocenters. The monoisotopic (exact) mass is 231 g/mol. The summed E-state index contributed by atoms with van der Waals surface area (Å²) in [5.41, 5.74) is -0.103. The maximum atomic E-state index is 9.83. The molecule has 0 rings (SSSR count). The van der Waals surface area contributed by atoms with E-state index in [1.54, 1.807) is 7.11 Å². The van der Waals surface area contributed by atoms with Gasteiger partial charge in [0, 0.05) is 19.7 Å². The lowest BCUT2D eigenvalue weighted by Crippen LogP contribution is -2.40. The van der Waals surface area contributed by atoms with Crippen LogP contribution in [0.25, 0.3) is 0 Å². The molecule has 0 aromatic rings. The van der Waals surface area contributed by atoms with Crippen LogP contribution >= 0.6 is 0 Å². The van der Waals surface area contributed by atoms with Crippen molar-refractivity contribution in [2.24, 2.45) is 5.92 Å². The molecule has 0 bridgehead atoms. The van der Waals surface area contributed by atoms with Gasteiger partial charge < -0.3 is 15.2 Å². The Morgan fingerprint density at radius 1 is 1.31 bits per heavy atom. The third-order valence-electron chi connectivity index (χ3n) is 3.33. The third-order valence-corrected chi connectivity index (χ3v) is 3.33. The lowest BCUT2D eigenvalue weighted by Gasteiger charge is -2.28. The van der Waals surface area contributed by atoms with E-state index in [1.165, 1.54) is 0 Å². The molecule has 3 nitrogen and oxygen atoms in total. The van der Waals surface area contributed by atoms with Gasteiger partial charge in [-0.25, -0.2) is 0 Å². The summed E-state index contributed by atoms with van der Waals surface area (Å²) in [5, 5.41) is 13.2. The van der Waals surface area contributed by atoms with Crippen LogP contribution in [0, 0.1) is 5.92 Å². The van der Waals surface area contributed by atoms with Crippen LogP contribution in [-0.2, 0) is 4.74 Å². The van der Waals surface area contributed by atoms with E-state index in [-0.39, 0.29) is 11.7 Å². The van der Waals surface area contributed by atoms with Gasteiger partial charge in [-0.05, 0) is 33.1 Å². The van der Waals surface area contributed by atoms with Crippen molar-refractivity contribution in [1.82, 2.24) is 5.32 Å². The van der Waals surface area contributed by atoms with Crippen LogP contribution in [0.15, 0.2) is 0 Å². The second-order valence-electron chi connectivity index (χ2n) is 5.43. The summed E-state index contributed by atoms with van der Waals surface area (Å²) in [5.74, 6) is 0.357. The Morgan fingerprint density at radius 2 is 1.88 bits per heavy atom. The fourth-order valence-electron chi connectivity index (χ4n) is 1.69. The summed E-state index contributed by atoms with van der Waals surface area (Å²) in [6.07, 6.45) is 1.70. The number of methoxy groups -OCH3 is 1. The highest BCUT2D eigenvalue weighted by Crippen LogP contribution is 2.15. The zero-order valence-electron chi connectivity index (χ0n) is 11.7. The van der Waals surface area contributed by atoms with Crippen molar-refractivity contribution >= 4 is 0 Å². The first-order chi connectivity index (χ1) is 7.32. The van der Waals surface area contributed by atoms with Crippen LogP contribution < -0.4 is 5.32 Å².